The molecule has 0 amide bonds. The average molecular weight is 283 g/mol. The molecular weight excluding hydrogens is 262 g/mol. The molecule has 112 valence electrons. The summed E-state index contributed by atoms with van der Waals surface area (Å²) in [7, 11) is 0. The molecule has 0 aliphatic carbocycles. The summed E-state index contributed by atoms with van der Waals surface area (Å²) in [5.41, 5.74) is 1.09. The summed E-state index contributed by atoms with van der Waals surface area (Å²) in [6.45, 7) is 7.77. The topological polar surface area (TPSA) is 87.3 Å². The van der Waals surface area contributed by atoms with Gasteiger partial charge in [-0.25, -0.2) is 0 Å². The number of aromatic nitrogens is 2. The molecule has 1 atom stereocenters. The molecule has 0 spiro atoms. The van der Waals surface area contributed by atoms with E-state index in [1.807, 2.05) is 13.8 Å². The first-order valence-corrected chi connectivity index (χ1v) is 6.85. The van der Waals surface area contributed by atoms with Crippen LogP contribution in [0, 0.1) is 16.0 Å². The van der Waals surface area contributed by atoms with E-state index in [-0.39, 0.29) is 17.6 Å². The van der Waals surface area contributed by atoms with E-state index >= 15 is 0 Å². The fraction of sp³-hybridized carbons (Fsp3) is 0.692. The zero-order valence-corrected chi connectivity index (χ0v) is 12.4. The Bertz CT molecular complexity index is 496. The van der Waals surface area contributed by atoms with Gasteiger partial charge < -0.3 is 4.74 Å². The Labute approximate surface area is 118 Å². The first-order valence-electron chi connectivity index (χ1n) is 6.85. The Kier molecular flexibility index (Phi) is 5.66. The summed E-state index contributed by atoms with van der Waals surface area (Å²) in [4.78, 5) is 22.4. The van der Waals surface area contributed by atoms with Crippen LogP contribution in [-0.2, 0) is 28.9 Å². The monoisotopic (exact) mass is 283 g/mol. The molecule has 7 nitrogen and oxygen atoms in total. The minimum absolute atomic E-state index is 0.0751. The largest absolute Gasteiger partial charge is 0.466 e. The summed E-state index contributed by atoms with van der Waals surface area (Å²) in [5.74, 6) is -0.699. The van der Waals surface area contributed by atoms with Gasteiger partial charge in [0.1, 0.15) is 11.4 Å². The number of nitro groups is 1. The van der Waals surface area contributed by atoms with Crippen LogP contribution in [-0.4, -0.2) is 27.3 Å². The number of nitrogens with zero attached hydrogens (tertiary/aromatic N) is 3. The minimum Gasteiger partial charge on any atom is -0.466 e. The van der Waals surface area contributed by atoms with Crippen molar-refractivity contribution < 1.29 is 14.5 Å². The van der Waals surface area contributed by atoms with Gasteiger partial charge in [0.25, 0.3) is 0 Å². The van der Waals surface area contributed by atoms with E-state index in [4.69, 9.17) is 4.74 Å². The highest BCUT2D eigenvalue weighted by atomic mass is 16.6. The number of rotatable bonds is 7. The Morgan fingerprint density at radius 3 is 2.50 bits per heavy atom. The van der Waals surface area contributed by atoms with Crippen LogP contribution in [0.3, 0.4) is 0 Å². The van der Waals surface area contributed by atoms with Gasteiger partial charge in [0.15, 0.2) is 0 Å². The van der Waals surface area contributed by atoms with Crippen LogP contribution in [0.2, 0.25) is 0 Å². The molecule has 0 saturated carbocycles. The summed E-state index contributed by atoms with van der Waals surface area (Å²) >= 11 is 0. The highest BCUT2D eigenvalue weighted by Gasteiger charge is 2.27. The van der Waals surface area contributed by atoms with Gasteiger partial charge in [0.05, 0.1) is 24.0 Å². The molecule has 1 aromatic heterocycles. The zero-order chi connectivity index (χ0) is 15.3. The quantitative estimate of drug-likeness (QED) is 0.434. The summed E-state index contributed by atoms with van der Waals surface area (Å²) < 4.78 is 6.51. The molecule has 0 N–H and O–H groups in total. The maximum Gasteiger partial charge on any atom is 0.313 e. The number of ether oxygens (including phenoxy) is 1. The number of aryl methyl sites for hydroxylation is 1. The highest BCUT2D eigenvalue weighted by molar-refractivity contribution is 5.71. The molecule has 0 aliphatic rings. The third kappa shape index (κ3) is 3.34. The molecule has 1 heterocycles. The van der Waals surface area contributed by atoms with Crippen LogP contribution in [0.1, 0.15) is 39.1 Å². The Morgan fingerprint density at radius 2 is 2.05 bits per heavy atom. The van der Waals surface area contributed by atoms with Crippen molar-refractivity contribution in [3.05, 3.63) is 21.5 Å². The predicted molar refractivity (Wildman–Crippen MR) is 73.4 cm³/mol. The van der Waals surface area contributed by atoms with Crippen molar-refractivity contribution in [3.63, 3.8) is 0 Å². The molecule has 0 aromatic carbocycles. The van der Waals surface area contributed by atoms with E-state index in [9.17, 15) is 14.9 Å². The number of carbonyl (C=O) groups excluding carboxylic acids is 1. The molecule has 0 saturated heterocycles. The van der Waals surface area contributed by atoms with Gasteiger partial charge in [0.2, 0.25) is 0 Å². The molecular formula is C13H21N3O4. The van der Waals surface area contributed by atoms with Gasteiger partial charge in [-0.2, -0.15) is 5.10 Å². The van der Waals surface area contributed by atoms with Crippen molar-refractivity contribution >= 4 is 11.7 Å². The van der Waals surface area contributed by atoms with Crippen molar-refractivity contribution in [2.24, 2.45) is 5.92 Å². The van der Waals surface area contributed by atoms with Gasteiger partial charge in [-0.3, -0.25) is 19.6 Å². The molecule has 0 aliphatic heterocycles. The molecule has 1 aromatic rings. The van der Waals surface area contributed by atoms with Gasteiger partial charge in [-0.15, -0.1) is 0 Å². The number of carbonyl (C=O) groups is 1. The second-order valence-electron chi connectivity index (χ2n) is 4.54. The van der Waals surface area contributed by atoms with Crippen LogP contribution in [0.4, 0.5) is 5.69 Å². The van der Waals surface area contributed by atoms with Crippen LogP contribution < -0.4 is 0 Å². The lowest BCUT2D eigenvalue weighted by atomic mass is 10.1. The van der Waals surface area contributed by atoms with E-state index in [1.54, 1.807) is 18.5 Å². The Balaban J connectivity index is 3.06. The predicted octanol–water partition coefficient (Wildman–Crippen LogP) is 2.12. The molecule has 0 bridgehead atoms. The van der Waals surface area contributed by atoms with Crippen LogP contribution in [0.5, 0.6) is 0 Å². The first-order chi connectivity index (χ1) is 9.46. The van der Waals surface area contributed by atoms with E-state index in [2.05, 4.69) is 5.10 Å². The van der Waals surface area contributed by atoms with Crippen molar-refractivity contribution in [2.75, 3.05) is 6.61 Å². The Morgan fingerprint density at radius 1 is 1.40 bits per heavy atom. The third-order valence-electron chi connectivity index (χ3n) is 3.09. The second kappa shape index (κ2) is 7.02. The highest BCUT2D eigenvalue weighted by Crippen LogP contribution is 2.25. The third-order valence-corrected chi connectivity index (χ3v) is 3.09. The molecule has 0 radical (unpaired) electrons. The average Bonchev–Trinajstić information content (AvgIpc) is 2.76. The van der Waals surface area contributed by atoms with Gasteiger partial charge in [-0.1, -0.05) is 20.8 Å². The van der Waals surface area contributed by atoms with E-state index in [0.717, 1.165) is 0 Å². The first kappa shape index (κ1) is 16.1. The fourth-order valence-corrected chi connectivity index (χ4v) is 2.11. The number of esters is 1. The fourth-order valence-electron chi connectivity index (χ4n) is 2.11. The van der Waals surface area contributed by atoms with Crippen molar-refractivity contribution in [3.8, 4) is 0 Å². The normalized spacial score (nSPS) is 12.2. The Hall–Kier alpha value is -1.92. The maximum atomic E-state index is 11.6. The minimum atomic E-state index is -0.393. The molecule has 0 fully saturated rings. The lowest BCUT2D eigenvalue weighted by molar-refractivity contribution is -0.386. The maximum absolute atomic E-state index is 11.6. The molecule has 20 heavy (non-hydrogen) atoms. The van der Waals surface area contributed by atoms with Gasteiger partial charge in [-0.05, 0) is 19.8 Å². The standard InChI is InChI=1S/C13H21N3O4/c1-5-10-12(16(18)19)11(6-2)15(14-10)8-9(4)13(17)20-7-3/h9H,5-8H2,1-4H3. The van der Waals surface area contributed by atoms with Crippen LogP contribution >= 0.6 is 0 Å². The number of hydrogen-bond acceptors (Lipinski definition) is 5. The molecule has 7 heteroatoms. The van der Waals surface area contributed by atoms with Crippen LogP contribution in [0.15, 0.2) is 0 Å². The lowest BCUT2D eigenvalue weighted by Crippen LogP contribution is -2.21. The van der Waals surface area contributed by atoms with E-state index in [0.29, 0.717) is 37.4 Å². The SMILES string of the molecule is CCOC(=O)C(C)Cn1nc(CC)c([N+](=O)[O-])c1CC. The van der Waals surface area contributed by atoms with Gasteiger partial charge in [0, 0.05) is 0 Å². The smallest absolute Gasteiger partial charge is 0.313 e. The summed E-state index contributed by atoms with van der Waals surface area (Å²) in [5, 5.41) is 15.4. The molecule has 1 unspecified atom stereocenters. The molecule has 1 rings (SSSR count). The van der Waals surface area contributed by atoms with E-state index < -0.39 is 4.92 Å². The van der Waals surface area contributed by atoms with Crippen molar-refractivity contribution in [1.82, 2.24) is 9.78 Å². The second-order valence-corrected chi connectivity index (χ2v) is 4.54. The number of hydrogen-bond donors (Lipinski definition) is 0. The summed E-state index contributed by atoms with van der Waals surface area (Å²) in [6.07, 6.45) is 0.989. The lowest BCUT2D eigenvalue weighted by Gasteiger charge is -2.11. The zero-order valence-electron chi connectivity index (χ0n) is 12.4. The van der Waals surface area contributed by atoms with Crippen molar-refractivity contribution in [2.45, 2.75) is 47.1 Å². The summed E-state index contributed by atoms with van der Waals surface area (Å²) in [6, 6.07) is 0. The van der Waals surface area contributed by atoms with Crippen LogP contribution in [0.25, 0.3) is 0 Å². The van der Waals surface area contributed by atoms with Gasteiger partial charge >= 0.3 is 11.7 Å². The van der Waals surface area contributed by atoms with Crippen molar-refractivity contribution in [1.29, 1.82) is 0 Å². The van der Waals surface area contributed by atoms with E-state index in [1.165, 1.54) is 0 Å².